The maximum Gasteiger partial charge on any atom is 0.270 e. The number of nitrogens with one attached hydrogen (secondary N) is 1. The molecule has 1 unspecified atom stereocenters. The Morgan fingerprint density at radius 1 is 1.00 bits per heavy atom. The van der Waals surface area contributed by atoms with Crippen LogP contribution in [0.3, 0.4) is 0 Å². The molecule has 0 aliphatic carbocycles. The maximum absolute atomic E-state index is 13.4. The van der Waals surface area contributed by atoms with Gasteiger partial charge in [-0.3, -0.25) is 4.79 Å². The minimum absolute atomic E-state index is 0.150. The molecule has 0 saturated carbocycles. The number of hydrogen-bond acceptors (Lipinski definition) is 3. The molecule has 3 aromatic rings. The third-order valence-electron chi connectivity index (χ3n) is 3.76. The smallest absolute Gasteiger partial charge is 0.270 e. The molecule has 25 heavy (non-hydrogen) atoms. The summed E-state index contributed by atoms with van der Waals surface area (Å²) in [5.41, 5.74) is 1.82. The minimum Gasteiger partial charge on any atom is -0.344 e. The lowest BCUT2D eigenvalue weighted by atomic mass is 10.1. The molecule has 1 atom stereocenters. The first kappa shape index (κ1) is 16.7. The molecule has 2 aromatic carbocycles. The van der Waals surface area contributed by atoms with Crippen molar-refractivity contribution in [2.75, 3.05) is 0 Å². The second-order valence-corrected chi connectivity index (χ2v) is 5.52. The standard InChI is InChI=1S/C19H15F2N3O/c1-12(13-5-3-2-4-6-13)24-19(25)18-10-17(22-11-23-18)14-7-8-15(20)16(21)9-14/h2-12H,1H3,(H,24,25). The Morgan fingerprint density at radius 3 is 2.48 bits per heavy atom. The van der Waals surface area contributed by atoms with Crippen LogP contribution in [0.2, 0.25) is 0 Å². The molecule has 1 aromatic heterocycles. The molecule has 6 heteroatoms. The summed E-state index contributed by atoms with van der Waals surface area (Å²) in [4.78, 5) is 20.4. The van der Waals surface area contributed by atoms with Crippen LogP contribution < -0.4 is 5.32 Å². The first-order valence-corrected chi connectivity index (χ1v) is 7.68. The summed E-state index contributed by atoms with van der Waals surface area (Å²) in [5.74, 6) is -2.28. The van der Waals surface area contributed by atoms with Gasteiger partial charge in [0.2, 0.25) is 0 Å². The van der Waals surface area contributed by atoms with Crippen molar-refractivity contribution in [3.8, 4) is 11.3 Å². The van der Waals surface area contributed by atoms with Gasteiger partial charge in [0, 0.05) is 5.56 Å². The molecule has 0 bridgehead atoms. The van der Waals surface area contributed by atoms with Crippen LogP contribution in [0.1, 0.15) is 29.0 Å². The van der Waals surface area contributed by atoms with Crippen LogP contribution in [0, 0.1) is 11.6 Å². The topological polar surface area (TPSA) is 54.9 Å². The molecule has 0 aliphatic rings. The van der Waals surface area contributed by atoms with Crippen molar-refractivity contribution < 1.29 is 13.6 Å². The van der Waals surface area contributed by atoms with Crippen LogP contribution >= 0.6 is 0 Å². The van der Waals surface area contributed by atoms with Crippen LogP contribution in [0.5, 0.6) is 0 Å². The van der Waals surface area contributed by atoms with E-state index >= 15 is 0 Å². The average Bonchev–Trinajstić information content (AvgIpc) is 2.64. The molecule has 3 rings (SSSR count). The molecule has 0 aliphatic heterocycles. The number of carbonyl (C=O) groups is 1. The summed E-state index contributed by atoms with van der Waals surface area (Å²) in [6, 6.07) is 14.2. The lowest BCUT2D eigenvalue weighted by Crippen LogP contribution is -2.27. The van der Waals surface area contributed by atoms with Crippen LogP contribution in [-0.2, 0) is 0 Å². The summed E-state index contributed by atoms with van der Waals surface area (Å²) < 4.78 is 26.4. The third-order valence-corrected chi connectivity index (χ3v) is 3.76. The molecule has 0 saturated heterocycles. The van der Waals surface area contributed by atoms with E-state index in [1.165, 1.54) is 18.5 Å². The van der Waals surface area contributed by atoms with E-state index in [1.807, 2.05) is 37.3 Å². The molecule has 0 radical (unpaired) electrons. The van der Waals surface area contributed by atoms with E-state index in [4.69, 9.17) is 0 Å². The monoisotopic (exact) mass is 339 g/mol. The van der Waals surface area contributed by atoms with Gasteiger partial charge >= 0.3 is 0 Å². The number of benzene rings is 2. The van der Waals surface area contributed by atoms with Gasteiger partial charge in [0.25, 0.3) is 5.91 Å². The van der Waals surface area contributed by atoms with Crippen LogP contribution in [0.4, 0.5) is 8.78 Å². The number of nitrogens with zero attached hydrogens (tertiary/aromatic N) is 2. The van der Waals surface area contributed by atoms with Crippen molar-refractivity contribution in [3.63, 3.8) is 0 Å². The minimum atomic E-state index is -0.972. The highest BCUT2D eigenvalue weighted by atomic mass is 19.2. The van der Waals surface area contributed by atoms with E-state index in [0.717, 1.165) is 17.7 Å². The molecule has 1 heterocycles. The average molecular weight is 339 g/mol. The number of hydrogen-bond donors (Lipinski definition) is 1. The zero-order valence-corrected chi connectivity index (χ0v) is 13.4. The number of rotatable bonds is 4. The van der Waals surface area contributed by atoms with Gasteiger partial charge < -0.3 is 5.32 Å². The normalized spacial score (nSPS) is 11.8. The number of aromatic nitrogens is 2. The van der Waals surface area contributed by atoms with E-state index in [2.05, 4.69) is 15.3 Å². The molecule has 0 spiro atoms. The molecule has 126 valence electrons. The number of halogens is 2. The third kappa shape index (κ3) is 3.85. The van der Waals surface area contributed by atoms with Gasteiger partial charge in [0.05, 0.1) is 11.7 Å². The Hall–Kier alpha value is -3.15. The summed E-state index contributed by atoms with van der Waals surface area (Å²) in [6.45, 7) is 1.87. The van der Waals surface area contributed by atoms with Gasteiger partial charge in [-0.1, -0.05) is 30.3 Å². The second kappa shape index (κ2) is 7.17. The van der Waals surface area contributed by atoms with Crippen molar-refractivity contribution >= 4 is 5.91 Å². The van der Waals surface area contributed by atoms with Crippen LogP contribution in [0.25, 0.3) is 11.3 Å². The molecule has 1 amide bonds. The molecule has 1 N–H and O–H groups in total. The largest absolute Gasteiger partial charge is 0.344 e. The van der Waals surface area contributed by atoms with Crippen molar-refractivity contribution in [3.05, 3.63) is 83.8 Å². The predicted molar refractivity (Wildman–Crippen MR) is 89.7 cm³/mol. The van der Waals surface area contributed by atoms with Gasteiger partial charge in [-0.25, -0.2) is 18.7 Å². The second-order valence-electron chi connectivity index (χ2n) is 5.52. The van der Waals surface area contributed by atoms with Gasteiger partial charge in [0.1, 0.15) is 12.0 Å². The maximum atomic E-state index is 13.4. The molecule has 4 nitrogen and oxygen atoms in total. The Labute approximate surface area is 143 Å². The molecular formula is C19H15F2N3O. The molecule has 0 fully saturated rings. The van der Waals surface area contributed by atoms with Gasteiger partial charge in [-0.2, -0.15) is 0 Å². The number of carbonyl (C=O) groups excluding carboxylic acids is 1. The summed E-state index contributed by atoms with van der Waals surface area (Å²) in [5, 5.41) is 2.85. The Balaban J connectivity index is 1.81. The fraction of sp³-hybridized carbons (Fsp3) is 0.105. The van der Waals surface area contributed by atoms with E-state index in [1.54, 1.807) is 0 Å². The van der Waals surface area contributed by atoms with E-state index in [0.29, 0.717) is 11.3 Å². The van der Waals surface area contributed by atoms with Crippen molar-refractivity contribution in [2.45, 2.75) is 13.0 Å². The lowest BCUT2D eigenvalue weighted by Gasteiger charge is -2.14. The van der Waals surface area contributed by atoms with E-state index in [-0.39, 0.29) is 17.6 Å². The number of amides is 1. The van der Waals surface area contributed by atoms with Gasteiger partial charge in [0.15, 0.2) is 11.6 Å². The Kier molecular flexibility index (Phi) is 4.79. The summed E-state index contributed by atoms with van der Waals surface area (Å²) in [6.07, 6.45) is 1.22. The summed E-state index contributed by atoms with van der Waals surface area (Å²) >= 11 is 0. The van der Waals surface area contributed by atoms with Crippen molar-refractivity contribution in [1.82, 2.24) is 15.3 Å². The first-order chi connectivity index (χ1) is 12.0. The van der Waals surface area contributed by atoms with Gasteiger partial charge in [-0.15, -0.1) is 0 Å². The highest BCUT2D eigenvalue weighted by Gasteiger charge is 2.14. The van der Waals surface area contributed by atoms with Crippen LogP contribution in [-0.4, -0.2) is 15.9 Å². The zero-order valence-electron chi connectivity index (χ0n) is 13.4. The Morgan fingerprint density at radius 2 is 1.76 bits per heavy atom. The first-order valence-electron chi connectivity index (χ1n) is 7.68. The summed E-state index contributed by atoms with van der Waals surface area (Å²) in [7, 11) is 0. The zero-order chi connectivity index (χ0) is 17.8. The fourth-order valence-corrected chi connectivity index (χ4v) is 2.39. The highest BCUT2D eigenvalue weighted by Crippen LogP contribution is 2.20. The quantitative estimate of drug-likeness (QED) is 0.784. The van der Waals surface area contributed by atoms with Crippen molar-refractivity contribution in [2.24, 2.45) is 0 Å². The van der Waals surface area contributed by atoms with Crippen molar-refractivity contribution in [1.29, 1.82) is 0 Å². The van der Waals surface area contributed by atoms with Gasteiger partial charge in [-0.05, 0) is 36.8 Å². The van der Waals surface area contributed by atoms with E-state index < -0.39 is 11.6 Å². The van der Waals surface area contributed by atoms with E-state index in [9.17, 15) is 13.6 Å². The molecular weight excluding hydrogens is 324 g/mol. The van der Waals surface area contributed by atoms with Crippen LogP contribution in [0.15, 0.2) is 60.9 Å². The highest BCUT2D eigenvalue weighted by molar-refractivity contribution is 5.93. The Bertz CT molecular complexity index is 900. The predicted octanol–water partition coefficient (Wildman–Crippen LogP) is 3.91. The SMILES string of the molecule is CC(NC(=O)c1cc(-c2ccc(F)c(F)c2)ncn1)c1ccccc1. The lowest BCUT2D eigenvalue weighted by molar-refractivity contribution is 0.0934. The fourth-order valence-electron chi connectivity index (χ4n) is 2.39.